The van der Waals surface area contributed by atoms with Crippen LogP contribution >= 0.6 is 0 Å². The molecule has 1 aromatic heterocycles. The summed E-state index contributed by atoms with van der Waals surface area (Å²) in [4.78, 5) is 27.8. The minimum absolute atomic E-state index is 0.0898. The zero-order chi connectivity index (χ0) is 26.1. The minimum Gasteiger partial charge on any atom is -0.492 e. The number of nitrogens with zero attached hydrogens (tertiary/aromatic N) is 3. The first kappa shape index (κ1) is 26.8. The van der Waals surface area contributed by atoms with E-state index in [2.05, 4.69) is 31.4 Å². The Morgan fingerprint density at radius 2 is 1.69 bits per heavy atom. The maximum atomic E-state index is 13.2. The third kappa shape index (κ3) is 7.10. The number of ether oxygens (including phenoxy) is 1. The van der Waals surface area contributed by atoms with Gasteiger partial charge < -0.3 is 20.3 Å². The molecule has 0 aliphatic carbocycles. The fraction of sp³-hybridized carbons (Fsp3) is 0.393. The molecule has 3 amide bonds. The van der Waals surface area contributed by atoms with E-state index in [1.807, 2.05) is 62.4 Å². The van der Waals surface area contributed by atoms with Gasteiger partial charge in [-0.2, -0.15) is 5.10 Å². The van der Waals surface area contributed by atoms with Gasteiger partial charge >= 0.3 is 6.03 Å². The highest BCUT2D eigenvalue weighted by molar-refractivity contribution is 5.97. The lowest BCUT2D eigenvalue weighted by atomic mass is 9.92. The summed E-state index contributed by atoms with van der Waals surface area (Å²) in [5.41, 5.74) is 2.08. The Labute approximate surface area is 213 Å². The van der Waals surface area contributed by atoms with Gasteiger partial charge in [0.1, 0.15) is 18.1 Å². The third-order valence-electron chi connectivity index (χ3n) is 5.58. The van der Waals surface area contributed by atoms with E-state index >= 15 is 0 Å². The van der Waals surface area contributed by atoms with Crippen molar-refractivity contribution in [2.24, 2.45) is 0 Å². The normalized spacial score (nSPS) is 11.1. The molecule has 1 heterocycles. The molecule has 2 N–H and O–H groups in total. The number of hydrogen-bond acceptors (Lipinski definition) is 4. The molecule has 2 aromatic carbocycles. The van der Waals surface area contributed by atoms with E-state index in [1.54, 1.807) is 16.8 Å². The van der Waals surface area contributed by atoms with Crippen LogP contribution in [0.3, 0.4) is 0 Å². The van der Waals surface area contributed by atoms with Gasteiger partial charge in [-0.05, 0) is 37.6 Å². The Balaban J connectivity index is 1.79. The zero-order valence-electron chi connectivity index (χ0n) is 21.9. The van der Waals surface area contributed by atoms with Crippen molar-refractivity contribution in [3.05, 3.63) is 66.4 Å². The van der Waals surface area contributed by atoms with Crippen LogP contribution in [0, 0.1) is 0 Å². The maximum Gasteiger partial charge on any atom is 0.322 e. The van der Waals surface area contributed by atoms with E-state index in [0.717, 1.165) is 24.2 Å². The molecule has 0 atom stereocenters. The highest BCUT2D eigenvalue weighted by Gasteiger charge is 2.23. The first-order chi connectivity index (χ1) is 17.2. The smallest absolute Gasteiger partial charge is 0.322 e. The molecule has 0 unspecified atom stereocenters. The van der Waals surface area contributed by atoms with Gasteiger partial charge in [-0.1, -0.05) is 64.4 Å². The Bertz CT molecular complexity index is 1150. The molecule has 0 aliphatic rings. The van der Waals surface area contributed by atoms with Crippen molar-refractivity contribution < 1.29 is 14.3 Å². The predicted molar refractivity (Wildman–Crippen MR) is 144 cm³/mol. The Hall–Kier alpha value is -3.81. The van der Waals surface area contributed by atoms with Gasteiger partial charge in [0.25, 0.3) is 0 Å². The number of anilines is 2. The molecule has 0 saturated heterocycles. The molecule has 0 bridgehead atoms. The summed E-state index contributed by atoms with van der Waals surface area (Å²) in [6.45, 7) is 11.0. The molecule has 0 spiro atoms. The van der Waals surface area contributed by atoms with Crippen LogP contribution in [0.15, 0.2) is 60.7 Å². The molecule has 192 valence electrons. The lowest BCUT2D eigenvalue weighted by molar-refractivity contribution is -0.116. The molecule has 0 fully saturated rings. The van der Waals surface area contributed by atoms with Crippen LogP contribution in [0.5, 0.6) is 5.75 Å². The third-order valence-corrected chi connectivity index (χ3v) is 5.58. The topological polar surface area (TPSA) is 88.5 Å². The van der Waals surface area contributed by atoms with Crippen LogP contribution < -0.4 is 15.4 Å². The number of unbranched alkanes of at least 4 members (excludes halogenated alkanes) is 1. The lowest BCUT2D eigenvalue weighted by Gasteiger charge is -2.23. The number of nitrogens with one attached hydrogen (secondary N) is 2. The van der Waals surface area contributed by atoms with Crippen molar-refractivity contribution >= 4 is 23.4 Å². The first-order valence-corrected chi connectivity index (χ1v) is 12.5. The van der Waals surface area contributed by atoms with Gasteiger partial charge in [0.15, 0.2) is 0 Å². The maximum absolute atomic E-state index is 13.2. The highest BCUT2D eigenvalue weighted by Crippen LogP contribution is 2.27. The number of amides is 3. The van der Waals surface area contributed by atoms with Crippen molar-refractivity contribution in [1.82, 2.24) is 14.7 Å². The lowest BCUT2D eigenvalue weighted by Crippen LogP contribution is -2.41. The fourth-order valence-electron chi connectivity index (χ4n) is 3.61. The monoisotopic (exact) mass is 491 g/mol. The average Bonchev–Trinajstić information content (AvgIpc) is 3.28. The summed E-state index contributed by atoms with van der Waals surface area (Å²) in [5, 5.41) is 10.6. The molecule has 36 heavy (non-hydrogen) atoms. The fourth-order valence-corrected chi connectivity index (χ4v) is 3.61. The first-order valence-electron chi connectivity index (χ1n) is 12.5. The molecule has 3 rings (SSSR count). The van der Waals surface area contributed by atoms with Gasteiger partial charge in [0.05, 0.1) is 23.7 Å². The van der Waals surface area contributed by atoms with Crippen molar-refractivity contribution in [2.45, 2.75) is 52.9 Å². The number of carbonyl (C=O) groups is 2. The minimum atomic E-state index is -0.349. The van der Waals surface area contributed by atoms with E-state index in [9.17, 15) is 9.59 Å². The Morgan fingerprint density at radius 1 is 1.00 bits per heavy atom. The van der Waals surface area contributed by atoms with Crippen LogP contribution in [0.4, 0.5) is 16.3 Å². The summed E-state index contributed by atoms with van der Waals surface area (Å²) in [5.74, 6) is 0.861. The largest absolute Gasteiger partial charge is 0.492 e. The number of para-hydroxylation sites is 3. The van der Waals surface area contributed by atoms with Gasteiger partial charge in [0, 0.05) is 18.0 Å². The van der Waals surface area contributed by atoms with Crippen LogP contribution in [-0.2, 0) is 10.2 Å². The van der Waals surface area contributed by atoms with Crippen LogP contribution in [0.25, 0.3) is 5.69 Å². The molecule has 0 radical (unpaired) electrons. The van der Waals surface area contributed by atoms with E-state index in [1.165, 1.54) is 4.90 Å². The number of hydrogen-bond donors (Lipinski definition) is 2. The predicted octanol–water partition coefficient (Wildman–Crippen LogP) is 5.84. The SMILES string of the molecule is CCCCN(CC(=O)Nc1cc(C(C)(C)C)nn1-c1ccccc1)C(=O)Nc1ccccc1OCC. The standard InChI is InChI=1S/C28H37N5O3/c1-6-8-18-32(27(35)29-22-16-12-13-17-23(22)36-7-2)20-26(34)30-25-19-24(28(3,4)5)31-33(25)21-14-10-9-11-15-21/h9-17,19H,6-8,18,20H2,1-5H3,(H,29,35)(H,30,34). The molecular formula is C28H37N5O3. The zero-order valence-corrected chi connectivity index (χ0v) is 21.9. The number of rotatable bonds is 10. The van der Waals surface area contributed by atoms with Gasteiger partial charge in [-0.3, -0.25) is 4.79 Å². The summed E-state index contributed by atoms with van der Waals surface area (Å²) in [6.07, 6.45) is 1.68. The molecule has 0 saturated carbocycles. The molecule has 8 nitrogen and oxygen atoms in total. The Kier molecular flexibility index (Phi) is 9.11. The second-order valence-corrected chi connectivity index (χ2v) is 9.59. The van der Waals surface area contributed by atoms with Crippen molar-refractivity contribution in [3.8, 4) is 11.4 Å². The summed E-state index contributed by atoms with van der Waals surface area (Å²) >= 11 is 0. The number of aromatic nitrogens is 2. The summed E-state index contributed by atoms with van der Waals surface area (Å²) in [7, 11) is 0. The highest BCUT2D eigenvalue weighted by atomic mass is 16.5. The van der Waals surface area contributed by atoms with Gasteiger partial charge in [-0.25, -0.2) is 9.48 Å². The van der Waals surface area contributed by atoms with Gasteiger partial charge in [0.2, 0.25) is 5.91 Å². The van der Waals surface area contributed by atoms with Crippen LogP contribution in [0.1, 0.15) is 53.2 Å². The molecule has 8 heteroatoms. The molecular weight excluding hydrogens is 454 g/mol. The van der Waals surface area contributed by atoms with E-state index in [0.29, 0.717) is 30.4 Å². The van der Waals surface area contributed by atoms with Gasteiger partial charge in [-0.15, -0.1) is 0 Å². The summed E-state index contributed by atoms with van der Waals surface area (Å²) < 4.78 is 7.35. The second kappa shape index (κ2) is 12.2. The Morgan fingerprint density at radius 3 is 2.36 bits per heavy atom. The van der Waals surface area contributed by atoms with Crippen LogP contribution in [0.2, 0.25) is 0 Å². The molecule has 0 aliphatic heterocycles. The van der Waals surface area contributed by atoms with E-state index < -0.39 is 0 Å². The summed E-state index contributed by atoms with van der Waals surface area (Å²) in [6, 6.07) is 18.5. The quantitative estimate of drug-likeness (QED) is 0.373. The van der Waals surface area contributed by atoms with Crippen LogP contribution in [-0.4, -0.2) is 46.3 Å². The number of carbonyl (C=O) groups excluding carboxylic acids is 2. The second-order valence-electron chi connectivity index (χ2n) is 9.59. The van der Waals surface area contributed by atoms with E-state index in [4.69, 9.17) is 9.84 Å². The number of urea groups is 1. The van der Waals surface area contributed by atoms with E-state index in [-0.39, 0.29) is 23.9 Å². The average molecular weight is 492 g/mol. The van der Waals surface area contributed by atoms with Crippen molar-refractivity contribution in [1.29, 1.82) is 0 Å². The van der Waals surface area contributed by atoms with Crippen molar-refractivity contribution in [2.75, 3.05) is 30.3 Å². The van der Waals surface area contributed by atoms with Crippen molar-refractivity contribution in [3.63, 3.8) is 0 Å². The number of benzene rings is 2. The molecule has 3 aromatic rings.